The summed E-state index contributed by atoms with van der Waals surface area (Å²) in [5, 5.41) is 4.15. The number of benzene rings is 2. The summed E-state index contributed by atoms with van der Waals surface area (Å²) >= 11 is 3.51. The Kier molecular flexibility index (Phi) is 11.5. The zero-order valence-corrected chi connectivity index (χ0v) is 29.2. The second kappa shape index (κ2) is 15.1. The van der Waals surface area contributed by atoms with Gasteiger partial charge in [-0.3, -0.25) is 9.59 Å². The standard InChI is InChI=1S/C34H41BrN4O8/c1-33(2,3)45-31(42)28(47-39-29(40)26-10-7-8-11-27(26)30(39)41)22-44-25-14-12-23(13-15-25)24-20-37(38(21-24)19-16-35)18-9-17-36-32(43)46-34(4,5)6/h7-8,10-15,20-21,28H,9,16-19,22H2,1-6H3/p+1. The quantitative estimate of drug-likeness (QED) is 0.0855. The van der Waals surface area contributed by atoms with Crippen LogP contribution in [0.1, 0.15) is 68.7 Å². The van der Waals surface area contributed by atoms with E-state index in [4.69, 9.17) is 19.0 Å². The fourth-order valence-corrected chi connectivity index (χ4v) is 5.05. The van der Waals surface area contributed by atoms with Crippen molar-refractivity contribution < 1.29 is 42.9 Å². The Hall–Kier alpha value is -4.23. The van der Waals surface area contributed by atoms with E-state index in [0.29, 0.717) is 30.3 Å². The van der Waals surface area contributed by atoms with Crippen LogP contribution in [0.25, 0.3) is 11.1 Å². The molecule has 0 saturated heterocycles. The first-order valence-corrected chi connectivity index (χ1v) is 16.5. The van der Waals surface area contributed by atoms with Crippen LogP contribution in [-0.2, 0) is 32.2 Å². The lowest BCUT2D eigenvalue weighted by molar-refractivity contribution is -0.771. The van der Waals surface area contributed by atoms with Crippen LogP contribution < -0.4 is 14.7 Å². The maximum absolute atomic E-state index is 13.1. The molecule has 2 heterocycles. The molecular formula is C34H42BrN4O8+. The first-order valence-electron chi connectivity index (χ1n) is 15.4. The Morgan fingerprint density at radius 3 is 2.09 bits per heavy atom. The minimum atomic E-state index is -1.39. The van der Waals surface area contributed by atoms with E-state index in [2.05, 4.69) is 30.6 Å². The number of hydrogen-bond donors (Lipinski definition) is 1. The molecule has 0 fully saturated rings. The summed E-state index contributed by atoms with van der Waals surface area (Å²) in [5.41, 5.74) is 0.935. The largest absolute Gasteiger partial charge is 0.490 e. The van der Waals surface area contributed by atoms with Gasteiger partial charge in [-0.1, -0.05) is 40.2 Å². The third-order valence-electron chi connectivity index (χ3n) is 6.70. The molecular weight excluding hydrogens is 672 g/mol. The average Bonchev–Trinajstić information content (AvgIpc) is 3.50. The van der Waals surface area contributed by atoms with Crippen molar-refractivity contribution >= 4 is 39.8 Å². The summed E-state index contributed by atoms with van der Waals surface area (Å²) in [6.07, 6.45) is 2.98. The van der Waals surface area contributed by atoms with Crippen molar-refractivity contribution in [3.63, 3.8) is 0 Å². The number of ether oxygens (including phenoxy) is 3. The molecule has 0 spiro atoms. The Morgan fingerprint density at radius 2 is 1.51 bits per heavy atom. The van der Waals surface area contributed by atoms with Gasteiger partial charge in [0, 0.05) is 6.54 Å². The molecule has 4 rings (SSSR count). The van der Waals surface area contributed by atoms with E-state index in [9.17, 15) is 19.2 Å². The van der Waals surface area contributed by atoms with Gasteiger partial charge in [-0.25, -0.2) is 14.4 Å². The normalized spacial score (nSPS) is 13.7. The highest BCUT2D eigenvalue weighted by atomic mass is 79.9. The number of imide groups is 1. The van der Waals surface area contributed by atoms with Crippen LogP contribution in [0.15, 0.2) is 60.9 Å². The molecule has 1 aliphatic heterocycles. The van der Waals surface area contributed by atoms with E-state index >= 15 is 0 Å². The Balaban J connectivity index is 1.40. The van der Waals surface area contributed by atoms with Crippen LogP contribution >= 0.6 is 15.9 Å². The highest BCUT2D eigenvalue weighted by molar-refractivity contribution is 9.09. The third-order valence-corrected chi connectivity index (χ3v) is 7.05. The first-order chi connectivity index (χ1) is 22.1. The number of nitrogens with zero attached hydrogens (tertiary/aromatic N) is 3. The maximum Gasteiger partial charge on any atom is 0.407 e. The number of nitrogens with one attached hydrogen (secondary N) is 1. The van der Waals surface area contributed by atoms with Gasteiger partial charge in [-0.15, -0.1) is 9.75 Å². The number of aryl methyl sites for hydroxylation is 2. The molecule has 0 radical (unpaired) electrons. The molecule has 1 N–H and O–H groups in total. The fourth-order valence-electron chi connectivity index (χ4n) is 4.68. The third kappa shape index (κ3) is 9.88. The van der Waals surface area contributed by atoms with Gasteiger partial charge in [0.2, 0.25) is 12.3 Å². The van der Waals surface area contributed by atoms with E-state index in [0.717, 1.165) is 23.0 Å². The zero-order valence-electron chi connectivity index (χ0n) is 27.6. The summed E-state index contributed by atoms with van der Waals surface area (Å²) in [7, 11) is 0. The highest BCUT2D eigenvalue weighted by Gasteiger charge is 2.40. The van der Waals surface area contributed by atoms with E-state index < -0.39 is 41.2 Å². The van der Waals surface area contributed by atoms with Crippen LogP contribution in [0.2, 0.25) is 0 Å². The lowest BCUT2D eigenvalue weighted by Crippen LogP contribution is -2.43. The number of carbonyl (C=O) groups excluding carboxylic acids is 4. The van der Waals surface area contributed by atoms with Gasteiger partial charge in [0.05, 0.1) is 34.8 Å². The monoisotopic (exact) mass is 713 g/mol. The first kappa shape index (κ1) is 35.6. The van der Waals surface area contributed by atoms with Crippen LogP contribution in [0, 0.1) is 0 Å². The molecule has 13 heteroatoms. The number of fused-ring (bicyclic) bond motifs is 1. The fraction of sp³-hybridized carbons (Fsp3) is 0.441. The molecule has 47 heavy (non-hydrogen) atoms. The zero-order chi connectivity index (χ0) is 34.4. The van der Waals surface area contributed by atoms with Crippen molar-refractivity contribution in [2.24, 2.45) is 0 Å². The molecule has 1 aromatic heterocycles. The summed E-state index contributed by atoms with van der Waals surface area (Å²) in [6.45, 7) is 12.2. The van der Waals surface area contributed by atoms with E-state index in [1.165, 1.54) is 12.1 Å². The number of aromatic nitrogens is 2. The number of hydroxylamine groups is 2. The van der Waals surface area contributed by atoms with E-state index in [1.807, 2.05) is 45.3 Å². The minimum absolute atomic E-state index is 0.195. The molecule has 1 atom stereocenters. The van der Waals surface area contributed by atoms with Crippen molar-refractivity contribution in [2.75, 3.05) is 18.5 Å². The Morgan fingerprint density at radius 1 is 0.894 bits per heavy atom. The van der Waals surface area contributed by atoms with Gasteiger partial charge in [-0.05, 0) is 77.8 Å². The molecule has 0 aliphatic carbocycles. The minimum Gasteiger partial charge on any atom is -0.490 e. The number of carbonyl (C=O) groups is 4. The Bertz CT molecular complexity index is 1560. The molecule has 12 nitrogen and oxygen atoms in total. The molecule has 0 bridgehead atoms. The molecule has 1 aliphatic rings. The number of hydrogen-bond acceptors (Lipinski definition) is 8. The summed E-state index contributed by atoms with van der Waals surface area (Å²) < 4.78 is 20.9. The van der Waals surface area contributed by atoms with Crippen molar-refractivity contribution in [3.05, 3.63) is 72.1 Å². The molecule has 2 aromatic carbocycles. The van der Waals surface area contributed by atoms with Gasteiger partial charge in [0.25, 0.3) is 11.8 Å². The molecule has 1 unspecified atom stereocenters. The topological polar surface area (TPSA) is 129 Å². The molecule has 252 valence electrons. The summed E-state index contributed by atoms with van der Waals surface area (Å²) in [4.78, 5) is 56.4. The van der Waals surface area contributed by atoms with E-state index in [1.54, 1.807) is 45.0 Å². The van der Waals surface area contributed by atoms with E-state index in [-0.39, 0.29) is 17.7 Å². The molecule has 3 aromatic rings. The predicted octanol–water partition coefficient (Wildman–Crippen LogP) is 5.07. The van der Waals surface area contributed by atoms with Crippen molar-refractivity contribution in [3.8, 4) is 16.9 Å². The number of amides is 3. The van der Waals surface area contributed by atoms with Crippen LogP contribution in [0.3, 0.4) is 0 Å². The highest BCUT2D eigenvalue weighted by Crippen LogP contribution is 2.26. The average molecular weight is 715 g/mol. The lowest BCUT2D eigenvalue weighted by Gasteiger charge is -2.26. The molecule has 0 saturated carbocycles. The molecule has 3 amide bonds. The second-order valence-corrected chi connectivity index (χ2v) is 13.7. The van der Waals surface area contributed by atoms with Crippen molar-refractivity contribution in [1.29, 1.82) is 0 Å². The number of rotatable bonds is 13. The Labute approximate surface area is 283 Å². The smallest absolute Gasteiger partial charge is 0.407 e. The van der Waals surface area contributed by atoms with Crippen LogP contribution in [0.4, 0.5) is 4.79 Å². The van der Waals surface area contributed by atoms with Crippen molar-refractivity contribution in [1.82, 2.24) is 15.1 Å². The van der Waals surface area contributed by atoms with Crippen LogP contribution in [0.5, 0.6) is 5.75 Å². The number of alkyl halides is 1. The van der Waals surface area contributed by atoms with Gasteiger partial charge < -0.3 is 19.5 Å². The lowest BCUT2D eigenvalue weighted by atomic mass is 10.1. The van der Waals surface area contributed by atoms with Gasteiger partial charge in [0.15, 0.2) is 6.54 Å². The summed E-state index contributed by atoms with van der Waals surface area (Å²) in [5.74, 6) is -1.64. The van der Waals surface area contributed by atoms with Crippen molar-refractivity contribution in [2.45, 2.75) is 78.4 Å². The number of esters is 1. The number of alkyl carbamates (subject to hydrolysis) is 1. The van der Waals surface area contributed by atoms with Gasteiger partial charge in [-0.2, -0.15) is 4.68 Å². The number of halogens is 1. The van der Waals surface area contributed by atoms with Gasteiger partial charge in [0.1, 0.15) is 23.6 Å². The second-order valence-electron chi connectivity index (χ2n) is 12.9. The predicted molar refractivity (Wildman–Crippen MR) is 176 cm³/mol. The summed E-state index contributed by atoms with van der Waals surface area (Å²) in [6, 6.07) is 13.7. The van der Waals surface area contributed by atoms with Gasteiger partial charge >= 0.3 is 12.1 Å². The van der Waals surface area contributed by atoms with Crippen LogP contribution in [-0.4, -0.2) is 69.4 Å². The SMILES string of the molecule is CC(C)(C)OC(=O)NCCCn1cc(-c2ccc(OCC(ON3C(=O)c4ccccc4C3=O)C(=O)OC(C)(C)C)cc2)c[n+]1CCBr. The maximum atomic E-state index is 13.1.